The number of halogens is 5. The molecular formula is C18H36F5NO3S. The molecule has 0 aliphatic carbocycles. The van der Waals surface area contributed by atoms with E-state index in [0.717, 1.165) is 0 Å². The molecule has 0 amide bonds. The summed E-state index contributed by atoms with van der Waals surface area (Å²) in [5.41, 5.74) is 0. The Hall–Kier alpha value is -0.480. The number of quaternary nitrogens is 1. The fraction of sp³-hybridized carbons (Fsp3) is 1.00. The first kappa shape index (κ1) is 29.7. The third kappa shape index (κ3) is 12.9. The Labute approximate surface area is 166 Å². The van der Waals surface area contributed by atoms with E-state index in [2.05, 4.69) is 27.7 Å². The van der Waals surface area contributed by atoms with Gasteiger partial charge in [0, 0.05) is 0 Å². The molecule has 0 aromatic heterocycles. The number of hydrogen-bond donors (Lipinski definition) is 0. The molecule has 28 heavy (non-hydrogen) atoms. The van der Waals surface area contributed by atoms with Crippen LogP contribution in [-0.2, 0) is 10.1 Å². The molecule has 0 aliphatic rings. The van der Waals surface area contributed by atoms with Gasteiger partial charge in [-0.25, -0.2) is 26.0 Å². The van der Waals surface area contributed by atoms with E-state index in [4.69, 9.17) is 0 Å². The van der Waals surface area contributed by atoms with E-state index in [1.54, 1.807) is 0 Å². The minimum atomic E-state index is -5.05. The quantitative estimate of drug-likeness (QED) is 0.175. The topological polar surface area (TPSA) is 57.2 Å². The number of unbranched alkanes of at least 4 members (excludes halogenated alkanes) is 2. The highest BCUT2D eigenvalue weighted by atomic mass is 32.2. The van der Waals surface area contributed by atoms with Gasteiger partial charge in [0.25, 0.3) is 0 Å². The zero-order chi connectivity index (χ0) is 22.4. The molecule has 0 N–H and O–H groups in total. The lowest BCUT2D eigenvalue weighted by Gasteiger charge is -2.34. The molecule has 0 bridgehead atoms. The van der Waals surface area contributed by atoms with Gasteiger partial charge < -0.3 is 9.04 Å². The van der Waals surface area contributed by atoms with Crippen LogP contribution < -0.4 is 0 Å². The van der Waals surface area contributed by atoms with Gasteiger partial charge in [0.15, 0.2) is 12.3 Å². The van der Waals surface area contributed by atoms with E-state index in [1.807, 2.05) is 0 Å². The fourth-order valence-corrected chi connectivity index (χ4v) is 3.37. The number of hydrogen-bond acceptors (Lipinski definition) is 3. The normalized spacial score (nSPS) is 16.6. The van der Waals surface area contributed by atoms with E-state index in [9.17, 15) is 34.9 Å². The minimum absolute atomic E-state index is 0.106. The molecule has 0 saturated heterocycles. The second kappa shape index (κ2) is 15.4. The van der Waals surface area contributed by atoms with E-state index in [1.165, 1.54) is 30.7 Å². The molecule has 0 aliphatic heterocycles. The molecule has 0 saturated carbocycles. The van der Waals surface area contributed by atoms with Crippen LogP contribution in [0.2, 0.25) is 0 Å². The van der Waals surface area contributed by atoms with Crippen LogP contribution in [0.3, 0.4) is 0 Å². The van der Waals surface area contributed by atoms with Crippen LogP contribution in [0.15, 0.2) is 0 Å². The van der Waals surface area contributed by atoms with E-state index in [0.29, 0.717) is 0 Å². The van der Waals surface area contributed by atoms with Crippen molar-refractivity contribution >= 4 is 10.1 Å². The maximum absolute atomic E-state index is 13.2. The highest BCUT2D eigenvalue weighted by molar-refractivity contribution is 7.85. The first-order chi connectivity index (χ1) is 12.9. The van der Waals surface area contributed by atoms with Crippen LogP contribution >= 0.6 is 0 Å². The largest absolute Gasteiger partial charge is 0.748 e. The average molecular weight is 442 g/mol. The highest BCUT2D eigenvalue weighted by Crippen LogP contribution is 2.22. The van der Waals surface area contributed by atoms with Crippen molar-refractivity contribution in [2.45, 2.75) is 78.1 Å². The first-order valence-corrected chi connectivity index (χ1v) is 11.4. The zero-order valence-corrected chi connectivity index (χ0v) is 18.2. The van der Waals surface area contributed by atoms with Gasteiger partial charge in [-0.05, 0) is 40.5 Å². The summed E-state index contributed by atoms with van der Waals surface area (Å²) in [5.74, 6) is -1.73. The second-order valence-electron chi connectivity index (χ2n) is 6.79. The molecule has 172 valence electrons. The van der Waals surface area contributed by atoms with Gasteiger partial charge in [0.2, 0.25) is 0 Å². The van der Waals surface area contributed by atoms with Gasteiger partial charge in [0.05, 0.1) is 48.7 Å². The fourth-order valence-electron chi connectivity index (χ4n) is 2.80. The summed E-state index contributed by atoms with van der Waals surface area (Å²) in [6.07, 6.45) is -10.9. The van der Waals surface area contributed by atoms with Gasteiger partial charge >= 0.3 is 0 Å². The lowest BCUT2D eigenvalue weighted by Crippen LogP contribution is -2.47. The van der Waals surface area contributed by atoms with Crippen LogP contribution in [-0.4, -0.2) is 80.7 Å². The molecular weight excluding hydrogens is 405 g/mol. The summed E-state index contributed by atoms with van der Waals surface area (Å²) in [7, 11) is -5.05. The predicted octanol–water partition coefficient (Wildman–Crippen LogP) is 4.30. The van der Waals surface area contributed by atoms with Gasteiger partial charge in [-0.15, -0.1) is 0 Å². The molecule has 0 fully saturated rings. The van der Waals surface area contributed by atoms with Crippen LogP contribution in [0, 0.1) is 0 Å². The summed E-state index contributed by atoms with van der Waals surface area (Å²) in [4.78, 5) is 0. The van der Waals surface area contributed by atoms with Crippen molar-refractivity contribution in [1.82, 2.24) is 0 Å². The Bertz CT molecular complexity index is 460. The Morgan fingerprint density at radius 3 is 1.54 bits per heavy atom. The maximum atomic E-state index is 13.2. The van der Waals surface area contributed by atoms with Crippen molar-refractivity contribution in [2.24, 2.45) is 0 Å². The highest BCUT2D eigenvalue weighted by Gasteiger charge is 2.36. The number of alkyl halides is 5. The third-order valence-electron chi connectivity index (χ3n) is 5.16. The summed E-state index contributed by atoms with van der Waals surface area (Å²) in [6, 6.07) is 0. The van der Waals surface area contributed by atoms with Crippen molar-refractivity contribution < 1.29 is 39.4 Å². The lowest BCUT2D eigenvalue weighted by molar-refractivity contribution is -0.921. The summed E-state index contributed by atoms with van der Waals surface area (Å²) < 4.78 is 95.8. The molecule has 4 atom stereocenters. The van der Waals surface area contributed by atoms with Gasteiger partial charge in [-0.1, -0.05) is 12.8 Å². The van der Waals surface area contributed by atoms with Gasteiger partial charge in [-0.2, -0.15) is 0 Å². The standard InChI is InChI=1S/C10H17F5O3S.C8H20N/c11-5-3-1-2-4-7(12)9(14)10(15)8(13)6-19(16,17)18;1-5-9(6-2,7-3)8-4/h7-10H,1-6H2,(H,16,17,18);5-8H2,1-4H3/q;+1/p-1. The van der Waals surface area contributed by atoms with E-state index < -0.39 is 53.7 Å². The molecule has 0 heterocycles. The van der Waals surface area contributed by atoms with Crippen molar-refractivity contribution in [3.05, 3.63) is 0 Å². The Balaban J connectivity index is 0. The molecule has 0 aromatic carbocycles. The van der Waals surface area contributed by atoms with Gasteiger partial charge in [-0.3, -0.25) is 4.39 Å². The first-order valence-electron chi connectivity index (χ1n) is 9.84. The number of rotatable bonds is 14. The Kier molecular flexibility index (Phi) is 16.3. The van der Waals surface area contributed by atoms with Gasteiger partial charge in [0.1, 0.15) is 12.3 Å². The van der Waals surface area contributed by atoms with Crippen LogP contribution in [0.1, 0.15) is 53.4 Å². The monoisotopic (exact) mass is 441 g/mol. The van der Waals surface area contributed by atoms with E-state index in [-0.39, 0.29) is 19.3 Å². The molecule has 0 rings (SSSR count). The zero-order valence-electron chi connectivity index (χ0n) is 17.4. The van der Waals surface area contributed by atoms with Crippen LogP contribution in [0.25, 0.3) is 0 Å². The lowest BCUT2D eigenvalue weighted by atomic mass is 10.0. The van der Waals surface area contributed by atoms with Crippen molar-refractivity contribution in [2.75, 3.05) is 38.6 Å². The maximum Gasteiger partial charge on any atom is 0.166 e. The van der Waals surface area contributed by atoms with Crippen LogP contribution in [0.5, 0.6) is 0 Å². The van der Waals surface area contributed by atoms with Crippen molar-refractivity contribution in [3.8, 4) is 0 Å². The summed E-state index contributed by atoms with van der Waals surface area (Å²) in [6.45, 7) is 13.6. The van der Waals surface area contributed by atoms with Crippen LogP contribution in [0.4, 0.5) is 22.0 Å². The molecule has 0 spiro atoms. The molecule has 10 heteroatoms. The third-order valence-corrected chi connectivity index (χ3v) is 5.88. The smallest absolute Gasteiger partial charge is 0.166 e. The second-order valence-corrected chi connectivity index (χ2v) is 8.24. The summed E-state index contributed by atoms with van der Waals surface area (Å²) in [5, 5.41) is 0. The Morgan fingerprint density at radius 2 is 1.21 bits per heavy atom. The SMILES string of the molecule is CC[N+](CC)(CC)CC.O=S(=O)([O-])CC(F)C(F)C(F)C(F)CCCCCF. The Morgan fingerprint density at radius 1 is 0.786 bits per heavy atom. The van der Waals surface area contributed by atoms with Crippen molar-refractivity contribution in [1.29, 1.82) is 0 Å². The summed E-state index contributed by atoms with van der Waals surface area (Å²) >= 11 is 0. The minimum Gasteiger partial charge on any atom is -0.748 e. The molecule has 4 nitrogen and oxygen atoms in total. The molecule has 0 radical (unpaired) electrons. The molecule has 4 unspecified atom stereocenters. The predicted molar refractivity (Wildman–Crippen MR) is 101 cm³/mol. The number of nitrogens with zero attached hydrogens (tertiary/aromatic N) is 1. The average Bonchev–Trinajstić information content (AvgIpc) is 2.65. The van der Waals surface area contributed by atoms with E-state index >= 15 is 0 Å². The molecule has 0 aromatic rings. The van der Waals surface area contributed by atoms with Crippen molar-refractivity contribution in [3.63, 3.8) is 0 Å².